The number of phenolic OH excluding ortho intramolecular Hbond substituents is 1. The number of rotatable bonds is 4. The molecule has 10 heteroatoms. The van der Waals surface area contributed by atoms with E-state index >= 15 is 4.39 Å². The standard InChI is InChI=1S/C28H36FN3O6/c1-12-18(26(30)37)24(35)22(31(5)6)16-9-13-8-15-20(23(34)19(13)25(36)28(12,16)38)17(33)10-14(21(15)29)11-32(7)27(2,3)4/h10,13,16,22,33-35,38H,1,8-9,11H2,2-7H3,(H2,30,37)/t13-,16-,22-,28-/m0/s1. The van der Waals surface area contributed by atoms with Crippen LogP contribution < -0.4 is 5.73 Å². The normalized spacial score (nSPS) is 27.6. The second-order valence-corrected chi connectivity index (χ2v) is 11.9. The number of hydrogen-bond donors (Lipinski definition) is 5. The number of nitrogens with zero attached hydrogens (tertiary/aromatic N) is 2. The minimum absolute atomic E-state index is 0.0146. The number of phenols is 1. The number of fused-ring (bicyclic) bond motifs is 3. The van der Waals surface area contributed by atoms with Crippen molar-refractivity contribution in [2.45, 2.75) is 57.3 Å². The van der Waals surface area contributed by atoms with Gasteiger partial charge in [-0.15, -0.1) is 0 Å². The SMILES string of the molecule is C=C1C(C(N)=O)=C(O)[C@@H](N(C)C)[C@@H]2C[C@@H]3Cc4c(F)c(CN(C)C(C)(C)C)cc(O)c4C(O)=C3C(=O)[C@]12O. The summed E-state index contributed by atoms with van der Waals surface area (Å²) < 4.78 is 15.9. The Hall–Kier alpha value is -3.21. The fourth-order valence-electron chi connectivity index (χ4n) is 6.12. The molecule has 1 aromatic rings. The van der Waals surface area contributed by atoms with E-state index < -0.39 is 58.1 Å². The fraction of sp³-hybridized carbons (Fsp3) is 0.500. The van der Waals surface area contributed by atoms with Gasteiger partial charge in [0, 0.05) is 40.3 Å². The van der Waals surface area contributed by atoms with E-state index in [-0.39, 0.29) is 58.5 Å². The Balaban J connectivity index is 1.89. The van der Waals surface area contributed by atoms with E-state index in [0.29, 0.717) is 0 Å². The summed E-state index contributed by atoms with van der Waals surface area (Å²) in [6.45, 7) is 9.88. The molecule has 1 aromatic carbocycles. The van der Waals surface area contributed by atoms with E-state index in [9.17, 15) is 30.0 Å². The highest BCUT2D eigenvalue weighted by atomic mass is 19.1. The van der Waals surface area contributed by atoms with Crippen molar-refractivity contribution in [3.05, 3.63) is 57.6 Å². The Morgan fingerprint density at radius 1 is 1.24 bits per heavy atom. The number of nitrogens with two attached hydrogens (primary N) is 1. The zero-order valence-electron chi connectivity index (χ0n) is 22.6. The number of amides is 1. The molecular formula is C28H36FN3O6. The molecule has 9 nitrogen and oxygen atoms in total. The number of aliphatic hydroxyl groups excluding tert-OH is 2. The van der Waals surface area contributed by atoms with Crippen molar-refractivity contribution in [2.75, 3.05) is 21.1 Å². The van der Waals surface area contributed by atoms with Crippen LogP contribution >= 0.6 is 0 Å². The van der Waals surface area contributed by atoms with Crippen LogP contribution in [0.4, 0.5) is 4.39 Å². The van der Waals surface area contributed by atoms with E-state index in [1.807, 2.05) is 32.7 Å². The lowest BCUT2D eigenvalue weighted by Gasteiger charge is -2.52. The largest absolute Gasteiger partial charge is 0.510 e. The van der Waals surface area contributed by atoms with Crippen LogP contribution in [-0.4, -0.2) is 80.2 Å². The van der Waals surface area contributed by atoms with Crippen molar-refractivity contribution in [1.82, 2.24) is 9.80 Å². The summed E-state index contributed by atoms with van der Waals surface area (Å²) in [4.78, 5) is 29.6. The predicted octanol–water partition coefficient (Wildman–Crippen LogP) is 2.32. The van der Waals surface area contributed by atoms with Crippen LogP contribution in [0, 0.1) is 17.7 Å². The van der Waals surface area contributed by atoms with Crippen LogP contribution in [0.15, 0.2) is 35.1 Å². The topological polar surface area (TPSA) is 148 Å². The monoisotopic (exact) mass is 529 g/mol. The van der Waals surface area contributed by atoms with E-state index in [2.05, 4.69) is 6.58 Å². The summed E-state index contributed by atoms with van der Waals surface area (Å²) in [6.07, 6.45) is 0.0463. The Bertz CT molecular complexity index is 1320. The Morgan fingerprint density at radius 3 is 2.37 bits per heavy atom. The minimum Gasteiger partial charge on any atom is -0.510 e. The molecule has 3 aliphatic carbocycles. The second kappa shape index (κ2) is 8.93. The zero-order valence-corrected chi connectivity index (χ0v) is 22.6. The van der Waals surface area contributed by atoms with E-state index in [0.717, 1.165) is 0 Å². The molecule has 0 spiro atoms. The molecule has 0 aromatic heterocycles. The smallest absolute Gasteiger partial charge is 0.252 e. The van der Waals surface area contributed by atoms with Gasteiger partial charge >= 0.3 is 0 Å². The van der Waals surface area contributed by atoms with Crippen LogP contribution in [0.5, 0.6) is 5.75 Å². The first-order chi connectivity index (χ1) is 17.4. The molecular weight excluding hydrogens is 493 g/mol. The van der Waals surface area contributed by atoms with Gasteiger partial charge in [-0.05, 0) is 66.7 Å². The van der Waals surface area contributed by atoms with Gasteiger partial charge in [0.05, 0.1) is 17.2 Å². The summed E-state index contributed by atoms with van der Waals surface area (Å²) in [5.41, 5.74) is 2.03. The van der Waals surface area contributed by atoms with Crippen LogP contribution in [0.2, 0.25) is 0 Å². The molecule has 0 bridgehead atoms. The molecule has 3 aliphatic rings. The average molecular weight is 530 g/mol. The number of Topliss-reactive ketones (excluding diaryl/α,β-unsaturated/α-hetero) is 1. The number of likely N-dealkylation sites (N-methyl/N-ethyl adjacent to an activating group) is 1. The van der Waals surface area contributed by atoms with Gasteiger partial charge in [-0.1, -0.05) is 6.58 Å². The number of carbonyl (C=O) groups excluding carboxylic acids is 2. The molecule has 0 radical (unpaired) electrons. The lowest BCUT2D eigenvalue weighted by Crippen LogP contribution is -2.63. The number of benzene rings is 1. The number of halogens is 1. The summed E-state index contributed by atoms with van der Waals surface area (Å²) in [5, 5.41) is 44.9. The maximum atomic E-state index is 15.9. The van der Waals surface area contributed by atoms with Crippen molar-refractivity contribution in [3.63, 3.8) is 0 Å². The average Bonchev–Trinajstić information content (AvgIpc) is 2.78. The molecule has 0 heterocycles. The minimum atomic E-state index is -2.35. The summed E-state index contributed by atoms with van der Waals surface area (Å²) >= 11 is 0. The first-order valence-electron chi connectivity index (χ1n) is 12.5. The molecule has 6 N–H and O–H groups in total. The highest BCUT2D eigenvalue weighted by Crippen LogP contribution is 2.54. The van der Waals surface area contributed by atoms with Gasteiger partial charge in [0.2, 0.25) is 0 Å². The lowest BCUT2D eigenvalue weighted by molar-refractivity contribution is -0.143. The number of aromatic hydroxyl groups is 1. The fourth-order valence-corrected chi connectivity index (χ4v) is 6.12. The molecule has 0 unspecified atom stereocenters. The first kappa shape index (κ1) is 27.8. The number of aliphatic hydroxyl groups is 3. The van der Waals surface area contributed by atoms with Gasteiger partial charge in [-0.25, -0.2) is 4.39 Å². The Morgan fingerprint density at radius 2 is 1.84 bits per heavy atom. The summed E-state index contributed by atoms with van der Waals surface area (Å²) in [5.74, 6) is -5.63. The van der Waals surface area contributed by atoms with Crippen molar-refractivity contribution in [3.8, 4) is 5.75 Å². The quantitative estimate of drug-likeness (QED) is 0.399. The van der Waals surface area contributed by atoms with Gasteiger partial charge in [0.25, 0.3) is 5.91 Å². The molecule has 4 atom stereocenters. The molecule has 1 fully saturated rings. The van der Waals surface area contributed by atoms with Crippen LogP contribution in [-0.2, 0) is 22.6 Å². The Labute approximate surface area is 221 Å². The van der Waals surface area contributed by atoms with Crippen molar-refractivity contribution in [2.24, 2.45) is 17.6 Å². The van der Waals surface area contributed by atoms with E-state index in [1.165, 1.54) is 6.07 Å². The van der Waals surface area contributed by atoms with Gasteiger partial charge in [-0.2, -0.15) is 0 Å². The van der Waals surface area contributed by atoms with Gasteiger partial charge < -0.3 is 26.2 Å². The molecule has 38 heavy (non-hydrogen) atoms. The van der Waals surface area contributed by atoms with Crippen LogP contribution in [0.25, 0.3) is 5.76 Å². The molecule has 1 amide bonds. The number of carbonyl (C=O) groups is 2. The molecule has 206 valence electrons. The maximum absolute atomic E-state index is 15.9. The third-order valence-corrected chi connectivity index (χ3v) is 8.47. The molecule has 4 rings (SSSR count). The van der Waals surface area contributed by atoms with Crippen molar-refractivity contribution < 1.29 is 34.4 Å². The Kier molecular flexibility index (Phi) is 6.54. The third-order valence-electron chi connectivity index (χ3n) is 8.47. The molecule has 0 saturated heterocycles. The highest BCUT2D eigenvalue weighted by Gasteiger charge is 2.62. The van der Waals surface area contributed by atoms with Crippen LogP contribution in [0.3, 0.4) is 0 Å². The number of primary amides is 1. The molecule has 0 aliphatic heterocycles. The first-order valence-corrected chi connectivity index (χ1v) is 12.5. The van der Waals surface area contributed by atoms with Gasteiger partial charge in [-0.3, -0.25) is 19.4 Å². The highest BCUT2D eigenvalue weighted by molar-refractivity contribution is 6.13. The third kappa shape index (κ3) is 3.85. The van der Waals surface area contributed by atoms with Crippen molar-refractivity contribution in [1.29, 1.82) is 0 Å². The van der Waals surface area contributed by atoms with Gasteiger partial charge in [0.1, 0.15) is 23.1 Å². The summed E-state index contributed by atoms with van der Waals surface area (Å²) in [7, 11) is 5.07. The van der Waals surface area contributed by atoms with Crippen LogP contribution in [0.1, 0.15) is 43.9 Å². The number of ketones is 1. The van der Waals surface area contributed by atoms with Crippen molar-refractivity contribution >= 4 is 17.4 Å². The maximum Gasteiger partial charge on any atom is 0.252 e. The van der Waals surface area contributed by atoms with Gasteiger partial charge in [0.15, 0.2) is 11.4 Å². The predicted molar refractivity (Wildman–Crippen MR) is 140 cm³/mol. The van der Waals surface area contributed by atoms with E-state index in [1.54, 1.807) is 19.0 Å². The zero-order chi connectivity index (χ0) is 28.6. The lowest BCUT2D eigenvalue weighted by atomic mass is 9.56. The summed E-state index contributed by atoms with van der Waals surface area (Å²) in [6, 6.07) is 0.276. The number of hydrogen-bond acceptors (Lipinski definition) is 8. The van der Waals surface area contributed by atoms with E-state index in [4.69, 9.17) is 5.73 Å². The second-order valence-electron chi connectivity index (χ2n) is 11.9. The molecule has 1 saturated carbocycles.